The van der Waals surface area contributed by atoms with E-state index < -0.39 is 15.1 Å². The van der Waals surface area contributed by atoms with Gasteiger partial charge in [-0.25, -0.2) is 0 Å². The van der Waals surface area contributed by atoms with Crippen molar-refractivity contribution in [3.05, 3.63) is 94.0 Å². The quantitative estimate of drug-likeness (QED) is 0.165. The second-order valence-corrected chi connectivity index (χ2v) is 25.4. The van der Waals surface area contributed by atoms with E-state index in [0.29, 0.717) is 11.5 Å². The summed E-state index contributed by atoms with van der Waals surface area (Å²) in [5.41, 5.74) is 8.49. The maximum absolute atomic E-state index is 7.41. The van der Waals surface area contributed by atoms with E-state index >= 15 is 0 Å². The smallest absolute Gasteiger partial charge is 0.444 e. The van der Waals surface area contributed by atoms with E-state index in [0.717, 1.165) is 55.3 Å². The summed E-state index contributed by atoms with van der Waals surface area (Å²) in [5.74, 6) is 1.35. The number of rotatable bonds is 5. The van der Waals surface area contributed by atoms with Crippen LogP contribution in [0.2, 0.25) is 0 Å². The summed E-state index contributed by atoms with van der Waals surface area (Å²) in [6, 6.07) is 21.8. The van der Waals surface area contributed by atoms with Crippen LogP contribution in [0.15, 0.2) is 69.1 Å². The summed E-state index contributed by atoms with van der Waals surface area (Å²) >= 11 is 13.2. The monoisotopic (exact) mass is 836 g/mol. The fourth-order valence-electron chi connectivity index (χ4n) is 7.06. The fraction of sp³-hybridized carbons (Fsp3) is 0.500. The van der Waals surface area contributed by atoms with Crippen LogP contribution in [0.3, 0.4) is 0 Å². The minimum Gasteiger partial charge on any atom is -0.444 e. The molecule has 0 bridgehead atoms. The first-order chi connectivity index (χ1) is 25.4. The van der Waals surface area contributed by atoms with E-state index in [-0.39, 0.29) is 32.5 Å². The highest BCUT2D eigenvalue weighted by atomic mass is 35.9. The molecule has 0 aliphatic rings. The number of fused-ring (bicyclic) bond motifs is 3. The van der Waals surface area contributed by atoms with Crippen LogP contribution < -0.4 is 9.05 Å². The molecular formula is C48H64Cl2O4P2. The highest BCUT2D eigenvalue weighted by molar-refractivity contribution is 8.00. The van der Waals surface area contributed by atoms with Gasteiger partial charge in [-0.3, -0.25) is 0 Å². The molecule has 0 atom stereocenters. The molecule has 5 aromatic rings. The van der Waals surface area contributed by atoms with Gasteiger partial charge in [0, 0.05) is 44.2 Å². The van der Waals surface area contributed by atoms with Crippen molar-refractivity contribution in [2.24, 2.45) is 0 Å². The van der Waals surface area contributed by atoms with Gasteiger partial charge in [0.25, 0.3) is 6.85 Å². The summed E-state index contributed by atoms with van der Waals surface area (Å²) in [6.07, 6.45) is 0. The molecule has 0 N–H and O–H groups in total. The Bertz CT molecular complexity index is 2220. The third-order valence-electron chi connectivity index (χ3n) is 10.4. The van der Waals surface area contributed by atoms with Gasteiger partial charge in [-0.05, 0) is 78.2 Å². The van der Waals surface area contributed by atoms with Gasteiger partial charge >= 0.3 is 8.24 Å². The molecule has 0 unspecified atom stereocenters. The summed E-state index contributed by atoms with van der Waals surface area (Å²) in [5, 5.41) is 1.99. The van der Waals surface area contributed by atoms with Gasteiger partial charge < -0.3 is 17.4 Å². The number of para-hydroxylation sites is 2. The van der Waals surface area contributed by atoms with Crippen molar-refractivity contribution in [1.82, 2.24) is 0 Å². The number of benzene rings is 4. The van der Waals surface area contributed by atoms with E-state index in [1.165, 1.54) is 11.1 Å². The van der Waals surface area contributed by atoms with Crippen molar-refractivity contribution in [1.29, 1.82) is 0 Å². The molecule has 4 nitrogen and oxygen atoms in total. The lowest BCUT2D eigenvalue weighted by Crippen LogP contribution is -2.19. The molecule has 4 aromatic carbocycles. The van der Waals surface area contributed by atoms with Crippen LogP contribution in [0.1, 0.15) is 158 Å². The number of hydrogen-bond acceptors (Lipinski definition) is 4. The maximum Gasteiger partial charge on any atom is 0.453 e. The van der Waals surface area contributed by atoms with E-state index in [9.17, 15) is 0 Å². The molecule has 8 heteroatoms. The van der Waals surface area contributed by atoms with E-state index in [4.69, 9.17) is 39.9 Å². The zero-order valence-corrected chi connectivity index (χ0v) is 40.4. The molecule has 0 saturated carbocycles. The lowest BCUT2D eigenvalue weighted by molar-refractivity contribution is 0.471. The first-order valence-corrected chi connectivity index (χ1v) is 23.8. The van der Waals surface area contributed by atoms with Crippen LogP contribution in [-0.2, 0) is 32.5 Å². The Morgan fingerprint density at radius 3 is 1.16 bits per heavy atom. The predicted molar refractivity (Wildman–Crippen MR) is 246 cm³/mol. The van der Waals surface area contributed by atoms with Crippen LogP contribution in [-0.4, -0.2) is 0 Å². The van der Waals surface area contributed by atoms with Gasteiger partial charge in [-0.1, -0.05) is 173 Å². The average Bonchev–Trinajstić information content (AvgIpc) is 3.17. The van der Waals surface area contributed by atoms with Crippen molar-refractivity contribution in [2.45, 2.75) is 157 Å². The highest BCUT2D eigenvalue weighted by Crippen LogP contribution is 2.56. The van der Waals surface area contributed by atoms with E-state index in [2.05, 4.69) is 185 Å². The van der Waals surface area contributed by atoms with Crippen LogP contribution in [0.4, 0.5) is 0 Å². The first kappa shape index (κ1) is 44.5. The minimum absolute atomic E-state index is 0.173. The van der Waals surface area contributed by atoms with E-state index in [1.54, 1.807) is 0 Å². The highest BCUT2D eigenvalue weighted by Gasteiger charge is 2.34. The summed E-state index contributed by atoms with van der Waals surface area (Å²) in [6.45, 7) is 38.2. The molecule has 5 rings (SSSR count). The van der Waals surface area contributed by atoms with Crippen molar-refractivity contribution in [2.75, 3.05) is 0 Å². The lowest BCUT2D eigenvalue weighted by Gasteiger charge is -2.32. The van der Waals surface area contributed by atoms with Crippen molar-refractivity contribution >= 4 is 59.5 Å². The molecule has 1 aromatic heterocycles. The normalized spacial score (nSPS) is 13.5. The average molecular weight is 838 g/mol. The number of hydrogen-bond donors (Lipinski definition) is 0. The largest absolute Gasteiger partial charge is 0.453 e. The van der Waals surface area contributed by atoms with Gasteiger partial charge in [0.15, 0.2) is 0 Å². The molecule has 0 aliphatic carbocycles. The van der Waals surface area contributed by atoms with Crippen molar-refractivity contribution in [3.8, 4) is 22.6 Å². The van der Waals surface area contributed by atoms with Crippen LogP contribution >= 0.6 is 37.6 Å². The van der Waals surface area contributed by atoms with Crippen molar-refractivity contribution in [3.63, 3.8) is 0 Å². The molecule has 1 heterocycles. The Morgan fingerprint density at radius 1 is 0.464 bits per heavy atom. The standard InChI is InChI=1S/C48H64Cl2O4P2/c1-43(2,3)29-25-33(41(51-55(49)50)37(27-29)47(13,14)15)34-26-30(44(4,5)6)28-38(48(16,17)18)42(34)54-56-52-39-31(21-19-23-35(39)45(7,8)9)32-22-20-24-36(40(32)53-56)46(10,11)12/h19-28H,1-18H3. The predicted octanol–water partition coefficient (Wildman–Crippen LogP) is 17.7. The molecule has 0 fully saturated rings. The Labute approximate surface area is 349 Å². The Hall–Kier alpha value is -2.61. The van der Waals surface area contributed by atoms with E-state index in [1.807, 2.05) is 0 Å². The summed E-state index contributed by atoms with van der Waals surface area (Å²) in [4.78, 5) is 0. The second-order valence-electron chi connectivity index (χ2n) is 21.5. The second kappa shape index (κ2) is 15.2. The van der Waals surface area contributed by atoms with Gasteiger partial charge in [-0.15, -0.1) is 0 Å². The summed E-state index contributed by atoms with van der Waals surface area (Å²) < 4.78 is 28.2. The molecule has 0 saturated heterocycles. The molecule has 0 aliphatic heterocycles. The first-order valence-electron chi connectivity index (χ1n) is 19.7. The molecule has 0 spiro atoms. The molecule has 56 heavy (non-hydrogen) atoms. The molecular weight excluding hydrogens is 773 g/mol. The Morgan fingerprint density at radius 2 is 0.821 bits per heavy atom. The van der Waals surface area contributed by atoms with Crippen LogP contribution in [0.25, 0.3) is 33.1 Å². The Balaban J connectivity index is 2.05. The molecule has 304 valence electrons. The maximum atomic E-state index is 7.41. The van der Waals surface area contributed by atoms with Crippen LogP contribution in [0, 0.1) is 0 Å². The zero-order valence-electron chi connectivity index (χ0n) is 37.1. The van der Waals surface area contributed by atoms with Gasteiger partial charge in [0.05, 0.1) is 0 Å². The van der Waals surface area contributed by atoms with Crippen LogP contribution in [0.5, 0.6) is 11.5 Å². The minimum atomic E-state index is -2.06. The lowest BCUT2D eigenvalue weighted by atomic mass is 9.75. The van der Waals surface area contributed by atoms with Gasteiger partial charge in [0.2, 0.25) is 0 Å². The van der Waals surface area contributed by atoms with Gasteiger partial charge in [-0.2, -0.15) is 0 Å². The number of halogens is 2. The third-order valence-corrected chi connectivity index (χ3v) is 12.1. The zero-order chi connectivity index (χ0) is 42.1. The van der Waals surface area contributed by atoms with Gasteiger partial charge in [0.1, 0.15) is 22.7 Å². The third kappa shape index (κ3) is 9.47. The SMILES string of the molecule is CC(C)(C)c1cc(-c2cc(C(C)(C)C)cc(C(C)(C)C)c2Op2oc3c(C(C)(C)C)cccc3c3cccc(C(C)(C)C)c3o2)c(OP(Cl)Cl)c(C(C)(C)C)c1. The summed E-state index contributed by atoms with van der Waals surface area (Å²) in [7, 11) is -2.06. The fourth-order valence-corrected chi connectivity index (χ4v) is 8.96. The topological polar surface area (TPSA) is 44.7 Å². The Kier molecular flexibility index (Phi) is 12.1. The van der Waals surface area contributed by atoms with Crippen molar-refractivity contribution < 1.29 is 17.4 Å². The molecule has 0 radical (unpaired) electrons. The molecule has 0 amide bonds.